The van der Waals surface area contributed by atoms with E-state index < -0.39 is 0 Å². The summed E-state index contributed by atoms with van der Waals surface area (Å²) in [6.07, 6.45) is 2.21. The first-order valence-corrected chi connectivity index (χ1v) is 9.34. The van der Waals surface area contributed by atoms with Gasteiger partial charge in [-0.05, 0) is 50.8 Å². The predicted octanol–water partition coefficient (Wildman–Crippen LogP) is 3.65. The number of hydrogen-bond donors (Lipinski definition) is 1. The van der Waals surface area contributed by atoms with E-state index >= 15 is 0 Å². The number of carbonyl (C=O) groups is 1. The number of carbonyl (C=O) groups excluding carboxylic acids is 1. The number of nitrogens with zero attached hydrogens (tertiary/aromatic N) is 3. The Morgan fingerprint density at radius 3 is 2.48 bits per heavy atom. The average Bonchev–Trinajstić information content (AvgIpc) is 3.36. The molecular weight excluding hydrogens is 336 g/mol. The molecule has 4 rings (SSSR count). The third-order valence-corrected chi connectivity index (χ3v) is 5.39. The van der Waals surface area contributed by atoms with Crippen LogP contribution in [0.15, 0.2) is 48.5 Å². The first kappa shape index (κ1) is 17.5. The van der Waals surface area contributed by atoms with Gasteiger partial charge in [-0.3, -0.25) is 4.79 Å². The molecule has 1 saturated carbocycles. The zero-order valence-electron chi connectivity index (χ0n) is 16.0. The predicted molar refractivity (Wildman–Crippen MR) is 105 cm³/mol. The topological polar surface area (TPSA) is 59.8 Å². The highest BCUT2D eigenvalue weighted by Gasteiger charge is 2.44. The maximum Gasteiger partial charge on any atom is 0.273 e. The summed E-state index contributed by atoms with van der Waals surface area (Å²) in [6, 6.07) is 16.5. The Morgan fingerprint density at radius 2 is 1.81 bits per heavy atom. The van der Waals surface area contributed by atoms with E-state index in [4.69, 9.17) is 0 Å². The van der Waals surface area contributed by atoms with Gasteiger partial charge in [0.2, 0.25) is 0 Å². The molecule has 2 aromatic carbocycles. The molecule has 5 nitrogen and oxygen atoms in total. The van der Waals surface area contributed by atoms with Crippen molar-refractivity contribution in [2.24, 2.45) is 0 Å². The zero-order valence-corrected chi connectivity index (χ0v) is 16.0. The molecule has 0 atom stereocenters. The van der Waals surface area contributed by atoms with Crippen molar-refractivity contribution in [3.8, 4) is 5.69 Å². The third-order valence-electron chi connectivity index (χ3n) is 5.39. The number of aryl methyl sites for hydroxylation is 3. The molecular formula is C22H24N4O. The fourth-order valence-corrected chi connectivity index (χ4v) is 3.57. The van der Waals surface area contributed by atoms with E-state index in [9.17, 15) is 4.79 Å². The van der Waals surface area contributed by atoms with Crippen LogP contribution >= 0.6 is 0 Å². The highest BCUT2D eigenvalue weighted by Crippen LogP contribution is 2.47. The van der Waals surface area contributed by atoms with Crippen LogP contribution in [0.2, 0.25) is 0 Å². The first-order chi connectivity index (χ1) is 13.0. The standard InChI is InChI=1S/C22H24N4O/c1-15-9-10-19(16(2)13-15)26-24-17(3)20(25-26)21(27)23-14-22(11-12-22)18-7-5-4-6-8-18/h4-10,13H,11-12,14H2,1-3H3,(H,23,27). The minimum Gasteiger partial charge on any atom is -0.350 e. The van der Waals surface area contributed by atoms with Gasteiger partial charge in [0, 0.05) is 12.0 Å². The molecule has 5 heteroatoms. The summed E-state index contributed by atoms with van der Waals surface area (Å²) in [4.78, 5) is 14.3. The van der Waals surface area contributed by atoms with Crippen molar-refractivity contribution in [2.45, 2.75) is 39.0 Å². The van der Waals surface area contributed by atoms with Crippen molar-refractivity contribution < 1.29 is 4.79 Å². The minimum atomic E-state index is -0.161. The Bertz CT molecular complexity index is 987. The number of rotatable bonds is 5. The number of amides is 1. The zero-order chi connectivity index (χ0) is 19.0. The molecule has 1 fully saturated rings. The van der Waals surface area contributed by atoms with Crippen molar-refractivity contribution in [1.82, 2.24) is 20.3 Å². The van der Waals surface area contributed by atoms with Crippen LogP contribution in [-0.4, -0.2) is 27.4 Å². The largest absolute Gasteiger partial charge is 0.350 e. The van der Waals surface area contributed by atoms with Gasteiger partial charge in [-0.2, -0.15) is 9.90 Å². The summed E-state index contributed by atoms with van der Waals surface area (Å²) in [5.74, 6) is -0.161. The van der Waals surface area contributed by atoms with Gasteiger partial charge >= 0.3 is 0 Å². The smallest absolute Gasteiger partial charge is 0.273 e. The number of aromatic nitrogens is 3. The molecule has 1 aliphatic carbocycles. The summed E-state index contributed by atoms with van der Waals surface area (Å²) in [5, 5.41) is 12.0. The van der Waals surface area contributed by atoms with Crippen LogP contribution in [0.3, 0.4) is 0 Å². The molecule has 0 spiro atoms. The lowest BCUT2D eigenvalue weighted by molar-refractivity contribution is 0.0943. The third kappa shape index (κ3) is 3.37. The molecule has 1 N–H and O–H groups in total. The maximum atomic E-state index is 12.7. The van der Waals surface area contributed by atoms with Crippen molar-refractivity contribution in [2.75, 3.05) is 6.54 Å². The molecule has 3 aromatic rings. The fourth-order valence-electron chi connectivity index (χ4n) is 3.57. The lowest BCUT2D eigenvalue weighted by Gasteiger charge is -2.16. The van der Waals surface area contributed by atoms with E-state index in [1.54, 1.807) is 4.80 Å². The Hall–Kier alpha value is -2.95. The molecule has 0 aliphatic heterocycles. The van der Waals surface area contributed by atoms with Gasteiger partial charge in [0.25, 0.3) is 5.91 Å². The van der Waals surface area contributed by atoms with Crippen LogP contribution < -0.4 is 5.32 Å². The molecule has 0 unspecified atom stereocenters. The van der Waals surface area contributed by atoms with E-state index in [0.717, 1.165) is 24.1 Å². The summed E-state index contributed by atoms with van der Waals surface area (Å²) in [6.45, 7) is 6.53. The second-order valence-corrected chi connectivity index (χ2v) is 7.54. The maximum absolute atomic E-state index is 12.7. The molecule has 0 saturated heterocycles. The van der Waals surface area contributed by atoms with Gasteiger partial charge in [-0.15, -0.1) is 5.10 Å². The molecule has 0 radical (unpaired) electrons. The Balaban J connectivity index is 1.51. The number of benzene rings is 2. The lowest BCUT2D eigenvalue weighted by Crippen LogP contribution is -2.32. The van der Waals surface area contributed by atoms with Crippen LogP contribution in [0.4, 0.5) is 0 Å². The first-order valence-electron chi connectivity index (χ1n) is 9.34. The van der Waals surface area contributed by atoms with Crippen LogP contribution in [0.5, 0.6) is 0 Å². The Labute approximate surface area is 159 Å². The molecule has 0 bridgehead atoms. The van der Waals surface area contributed by atoms with E-state index in [1.165, 1.54) is 11.1 Å². The number of hydrogen-bond acceptors (Lipinski definition) is 3. The Morgan fingerprint density at radius 1 is 1.07 bits per heavy atom. The minimum absolute atomic E-state index is 0.0777. The quantitative estimate of drug-likeness (QED) is 0.755. The van der Waals surface area contributed by atoms with E-state index in [0.29, 0.717) is 17.9 Å². The van der Waals surface area contributed by atoms with Gasteiger partial charge in [0.15, 0.2) is 5.69 Å². The lowest BCUT2D eigenvalue weighted by atomic mass is 9.96. The van der Waals surface area contributed by atoms with Crippen molar-refractivity contribution in [3.63, 3.8) is 0 Å². The summed E-state index contributed by atoms with van der Waals surface area (Å²) in [7, 11) is 0. The van der Waals surface area contributed by atoms with E-state index in [1.807, 2.05) is 32.0 Å². The average molecular weight is 360 g/mol. The van der Waals surface area contributed by atoms with Gasteiger partial charge in [-0.1, -0.05) is 48.0 Å². The molecule has 1 aromatic heterocycles. The highest BCUT2D eigenvalue weighted by molar-refractivity contribution is 5.93. The van der Waals surface area contributed by atoms with E-state index in [-0.39, 0.29) is 11.3 Å². The molecule has 1 heterocycles. The van der Waals surface area contributed by atoms with Gasteiger partial charge in [-0.25, -0.2) is 0 Å². The number of nitrogens with one attached hydrogen (secondary N) is 1. The van der Waals surface area contributed by atoms with Gasteiger partial charge in [0.05, 0.1) is 11.4 Å². The van der Waals surface area contributed by atoms with Gasteiger partial charge < -0.3 is 5.32 Å². The van der Waals surface area contributed by atoms with Gasteiger partial charge in [0.1, 0.15) is 0 Å². The Kier molecular flexibility index (Phi) is 4.30. The molecule has 1 aliphatic rings. The van der Waals surface area contributed by atoms with Crippen LogP contribution in [0, 0.1) is 20.8 Å². The second-order valence-electron chi connectivity index (χ2n) is 7.54. The van der Waals surface area contributed by atoms with Crippen LogP contribution in [0.25, 0.3) is 5.69 Å². The summed E-state index contributed by atoms with van der Waals surface area (Å²) in [5.41, 5.74) is 5.56. The van der Waals surface area contributed by atoms with Crippen LogP contribution in [-0.2, 0) is 5.41 Å². The SMILES string of the molecule is Cc1ccc(-n2nc(C)c(C(=O)NCC3(c4ccccc4)CC3)n2)c(C)c1. The monoisotopic (exact) mass is 360 g/mol. The van der Waals surface area contributed by atoms with Crippen molar-refractivity contribution >= 4 is 5.91 Å². The summed E-state index contributed by atoms with van der Waals surface area (Å²) < 4.78 is 0. The highest BCUT2D eigenvalue weighted by atomic mass is 16.2. The summed E-state index contributed by atoms with van der Waals surface area (Å²) >= 11 is 0. The van der Waals surface area contributed by atoms with Crippen LogP contribution in [0.1, 0.15) is 45.7 Å². The molecule has 1 amide bonds. The van der Waals surface area contributed by atoms with E-state index in [2.05, 4.69) is 52.8 Å². The molecule has 27 heavy (non-hydrogen) atoms. The molecule has 138 valence electrons. The second kappa shape index (κ2) is 6.65. The van der Waals surface area contributed by atoms with Crippen molar-refractivity contribution in [1.29, 1.82) is 0 Å². The van der Waals surface area contributed by atoms with Crippen molar-refractivity contribution in [3.05, 3.63) is 76.6 Å². The fraction of sp³-hybridized carbons (Fsp3) is 0.318. The normalized spacial score (nSPS) is 14.8.